The van der Waals surface area contributed by atoms with Crippen LogP contribution in [0.5, 0.6) is 0 Å². The molecule has 18 heavy (non-hydrogen) atoms. The SMILES string of the molecule is CCNCc1ccc(-n2nc(C)cc2C)nc1C. The summed E-state index contributed by atoms with van der Waals surface area (Å²) in [6, 6.07) is 6.21. The van der Waals surface area contributed by atoms with Gasteiger partial charge in [-0.3, -0.25) is 0 Å². The lowest BCUT2D eigenvalue weighted by Crippen LogP contribution is -2.14. The lowest BCUT2D eigenvalue weighted by Gasteiger charge is -2.09. The van der Waals surface area contributed by atoms with Crippen LogP contribution < -0.4 is 5.32 Å². The number of nitrogens with zero attached hydrogens (tertiary/aromatic N) is 3. The first-order valence-electron chi connectivity index (χ1n) is 6.32. The fourth-order valence-electron chi connectivity index (χ4n) is 2.00. The molecule has 0 aliphatic carbocycles. The predicted octanol–water partition coefficient (Wildman–Crippen LogP) is 2.30. The highest BCUT2D eigenvalue weighted by Gasteiger charge is 2.07. The zero-order valence-corrected chi connectivity index (χ0v) is 11.5. The van der Waals surface area contributed by atoms with Gasteiger partial charge in [0.05, 0.1) is 5.69 Å². The standard InChI is InChI=1S/C14H20N4/c1-5-15-9-13-6-7-14(16-12(13)4)18-11(3)8-10(2)17-18/h6-8,15H,5,9H2,1-4H3. The quantitative estimate of drug-likeness (QED) is 0.897. The highest BCUT2D eigenvalue weighted by Crippen LogP contribution is 2.13. The Morgan fingerprint density at radius 3 is 2.56 bits per heavy atom. The number of pyridine rings is 1. The van der Waals surface area contributed by atoms with Crippen LogP contribution in [0, 0.1) is 20.8 Å². The summed E-state index contributed by atoms with van der Waals surface area (Å²) in [5, 5.41) is 7.77. The molecule has 96 valence electrons. The van der Waals surface area contributed by atoms with Crippen LogP contribution in [-0.2, 0) is 6.54 Å². The van der Waals surface area contributed by atoms with Gasteiger partial charge in [-0.1, -0.05) is 13.0 Å². The molecule has 1 N–H and O–H groups in total. The molecule has 0 fully saturated rings. The smallest absolute Gasteiger partial charge is 0.153 e. The maximum Gasteiger partial charge on any atom is 0.153 e. The van der Waals surface area contributed by atoms with E-state index in [1.807, 2.05) is 31.5 Å². The highest BCUT2D eigenvalue weighted by atomic mass is 15.3. The molecule has 0 saturated heterocycles. The number of hydrogen-bond acceptors (Lipinski definition) is 3. The second-order valence-electron chi connectivity index (χ2n) is 4.53. The van der Waals surface area contributed by atoms with Crippen LogP contribution in [0.3, 0.4) is 0 Å². The second-order valence-corrected chi connectivity index (χ2v) is 4.53. The molecule has 0 amide bonds. The van der Waals surface area contributed by atoms with E-state index in [9.17, 15) is 0 Å². The Hall–Kier alpha value is -1.68. The van der Waals surface area contributed by atoms with Crippen LogP contribution in [0.15, 0.2) is 18.2 Å². The molecule has 0 aliphatic rings. The monoisotopic (exact) mass is 244 g/mol. The van der Waals surface area contributed by atoms with E-state index in [0.29, 0.717) is 0 Å². The minimum absolute atomic E-state index is 0.868. The number of hydrogen-bond donors (Lipinski definition) is 1. The van der Waals surface area contributed by atoms with E-state index in [1.165, 1.54) is 5.56 Å². The van der Waals surface area contributed by atoms with Gasteiger partial charge >= 0.3 is 0 Å². The molecule has 2 aromatic heterocycles. The predicted molar refractivity (Wildman–Crippen MR) is 73.0 cm³/mol. The average molecular weight is 244 g/mol. The largest absolute Gasteiger partial charge is 0.313 e. The maximum atomic E-state index is 4.63. The van der Waals surface area contributed by atoms with Crippen molar-refractivity contribution in [1.82, 2.24) is 20.1 Å². The Morgan fingerprint density at radius 1 is 1.22 bits per heavy atom. The van der Waals surface area contributed by atoms with Crippen molar-refractivity contribution in [3.8, 4) is 5.82 Å². The average Bonchev–Trinajstić information content (AvgIpc) is 2.67. The van der Waals surface area contributed by atoms with Crippen LogP contribution >= 0.6 is 0 Å². The van der Waals surface area contributed by atoms with Crippen LogP contribution in [0.25, 0.3) is 5.82 Å². The Morgan fingerprint density at radius 2 is 2.00 bits per heavy atom. The van der Waals surface area contributed by atoms with Crippen molar-refractivity contribution in [3.05, 3.63) is 40.8 Å². The van der Waals surface area contributed by atoms with Gasteiger partial charge in [-0.2, -0.15) is 5.10 Å². The molecule has 0 aromatic carbocycles. The summed E-state index contributed by atoms with van der Waals surface area (Å²) in [6.07, 6.45) is 0. The third kappa shape index (κ3) is 2.59. The molecule has 0 bridgehead atoms. The molecule has 0 unspecified atom stereocenters. The van der Waals surface area contributed by atoms with E-state index in [2.05, 4.69) is 34.5 Å². The van der Waals surface area contributed by atoms with Crippen LogP contribution in [-0.4, -0.2) is 21.3 Å². The molecular weight excluding hydrogens is 224 g/mol. The molecule has 2 heterocycles. The summed E-state index contributed by atoms with van der Waals surface area (Å²) in [6.45, 7) is 10.0. The Labute approximate surface area is 108 Å². The molecule has 0 saturated carbocycles. The molecule has 4 nitrogen and oxygen atoms in total. The van der Waals surface area contributed by atoms with E-state index in [0.717, 1.165) is 36.0 Å². The van der Waals surface area contributed by atoms with E-state index in [4.69, 9.17) is 0 Å². The zero-order chi connectivity index (χ0) is 13.1. The Balaban J connectivity index is 2.31. The summed E-state index contributed by atoms with van der Waals surface area (Å²) in [7, 11) is 0. The fraction of sp³-hybridized carbons (Fsp3) is 0.429. The molecule has 0 radical (unpaired) electrons. The Kier molecular flexibility index (Phi) is 3.77. The van der Waals surface area contributed by atoms with Gasteiger partial charge in [0.25, 0.3) is 0 Å². The van der Waals surface area contributed by atoms with Gasteiger partial charge in [-0.05, 0) is 45.0 Å². The van der Waals surface area contributed by atoms with Gasteiger partial charge in [-0.15, -0.1) is 0 Å². The van der Waals surface area contributed by atoms with Crippen LogP contribution in [0.4, 0.5) is 0 Å². The highest BCUT2D eigenvalue weighted by molar-refractivity contribution is 5.31. The van der Waals surface area contributed by atoms with Gasteiger partial charge < -0.3 is 5.32 Å². The Bertz CT molecular complexity index is 543. The van der Waals surface area contributed by atoms with E-state index >= 15 is 0 Å². The van der Waals surface area contributed by atoms with Crippen molar-refractivity contribution in [2.24, 2.45) is 0 Å². The lowest BCUT2D eigenvalue weighted by atomic mass is 10.2. The van der Waals surface area contributed by atoms with E-state index in [-0.39, 0.29) is 0 Å². The molecule has 0 aliphatic heterocycles. The first kappa shape index (κ1) is 12.8. The second kappa shape index (κ2) is 5.31. The topological polar surface area (TPSA) is 42.7 Å². The minimum atomic E-state index is 0.868. The minimum Gasteiger partial charge on any atom is -0.313 e. The third-order valence-corrected chi connectivity index (χ3v) is 2.97. The molecular formula is C14H20N4. The van der Waals surface area contributed by atoms with Gasteiger partial charge in [-0.25, -0.2) is 9.67 Å². The van der Waals surface area contributed by atoms with Crippen LogP contribution in [0.1, 0.15) is 29.6 Å². The van der Waals surface area contributed by atoms with Crippen molar-refractivity contribution in [1.29, 1.82) is 0 Å². The van der Waals surface area contributed by atoms with Gasteiger partial charge in [0.15, 0.2) is 5.82 Å². The van der Waals surface area contributed by atoms with Crippen molar-refractivity contribution in [2.75, 3.05) is 6.54 Å². The molecule has 4 heteroatoms. The summed E-state index contributed by atoms with van der Waals surface area (Å²) >= 11 is 0. The first-order chi connectivity index (χ1) is 8.61. The van der Waals surface area contributed by atoms with E-state index in [1.54, 1.807) is 0 Å². The molecule has 2 aromatic rings. The summed E-state index contributed by atoms with van der Waals surface area (Å²) < 4.78 is 1.89. The first-order valence-corrected chi connectivity index (χ1v) is 6.32. The molecule has 2 rings (SSSR count). The third-order valence-electron chi connectivity index (χ3n) is 2.97. The number of aryl methyl sites for hydroxylation is 3. The number of aromatic nitrogens is 3. The molecule has 0 spiro atoms. The van der Waals surface area contributed by atoms with Gasteiger partial charge in [0.2, 0.25) is 0 Å². The van der Waals surface area contributed by atoms with Crippen LogP contribution in [0.2, 0.25) is 0 Å². The van der Waals surface area contributed by atoms with E-state index < -0.39 is 0 Å². The normalized spacial score (nSPS) is 10.9. The van der Waals surface area contributed by atoms with Crippen molar-refractivity contribution < 1.29 is 0 Å². The summed E-state index contributed by atoms with van der Waals surface area (Å²) in [5.74, 6) is 0.887. The zero-order valence-electron chi connectivity index (χ0n) is 11.5. The summed E-state index contributed by atoms with van der Waals surface area (Å²) in [4.78, 5) is 4.63. The number of nitrogens with one attached hydrogen (secondary N) is 1. The fourth-order valence-corrected chi connectivity index (χ4v) is 2.00. The van der Waals surface area contributed by atoms with Crippen molar-refractivity contribution >= 4 is 0 Å². The van der Waals surface area contributed by atoms with Crippen molar-refractivity contribution in [3.63, 3.8) is 0 Å². The summed E-state index contributed by atoms with van der Waals surface area (Å²) in [5.41, 5.74) is 4.42. The number of rotatable bonds is 4. The van der Waals surface area contributed by atoms with Gasteiger partial charge in [0, 0.05) is 17.9 Å². The van der Waals surface area contributed by atoms with Gasteiger partial charge in [0.1, 0.15) is 0 Å². The molecule has 0 atom stereocenters. The lowest BCUT2D eigenvalue weighted by molar-refractivity contribution is 0.716. The van der Waals surface area contributed by atoms with Crippen molar-refractivity contribution in [2.45, 2.75) is 34.2 Å². The maximum absolute atomic E-state index is 4.63.